The van der Waals surface area contributed by atoms with Gasteiger partial charge < -0.3 is 5.73 Å². The Morgan fingerprint density at radius 1 is 1.44 bits per heavy atom. The molecule has 84 valence electrons. The first-order valence-corrected chi connectivity index (χ1v) is 4.56. The summed E-state index contributed by atoms with van der Waals surface area (Å²) in [6.07, 6.45) is 0. The number of nitrogens with zero attached hydrogens (tertiary/aromatic N) is 1. The number of halogens is 2. The minimum atomic E-state index is -1.50. The molecule has 1 aliphatic rings. The molecule has 16 heavy (non-hydrogen) atoms. The van der Waals surface area contributed by atoms with Crippen molar-refractivity contribution in [2.24, 2.45) is 10.7 Å². The average Bonchev–Trinajstić information content (AvgIpc) is 2.46. The molecule has 0 saturated heterocycles. The van der Waals surface area contributed by atoms with E-state index in [9.17, 15) is 13.6 Å². The van der Waals surface area contributed by atoms with E-state index in [2.05, 4.69) is 10.3 Å². The molecule has 1 heterocycles. The van der Waals surface area contributed by atoms with E-state index in [4.69, 9.17) is 5.73 Å². The Bertz CT molecular complexity index is 501. The van der Waals surface area contributed by atoms with E-state index in [0.717, 1.165) is 6.07 Å². The Morgan fingerprint density at radius 2 is 2.12 bits per heavy atom. The van der Waals surface area contributed by atoms with Gasteiger partial charge in [0.05, 0.1) is 0 Å². The molecule has 6 heteroatoms. The van der Waals surface area contributed by atoms with Crippen LogP contribution in [0, 0.1) is 11.6 Å². The maximum atomic E-state index is 13.5. The minimum Gasteiger partial charge on any atom is -0.370 e. The minimum absolute atomic E-state index is 0.101. The van der Waals surface area contributed by atoms with E-state index in [0.29, 0.717) is 0 Å². The SMILES string of the molecule is CC1(c2cccc(F)c2F)N=C(N)NC1=O. The molecule has 0 radical (unpaired) electrons. The van der Waals surface area contributed by atoms with E-state index in [1.807, 2.05) is 0 Å². The lowest BCUT2D eigenvalue weighted by Crippen LogP contribution is -2.37. The van der Waals surface area contributed by atoms with E-state index >= 15 is 0 Å². The van der Waals surface area contributed by atoms with Gasteiger partial charge in [0.1, 0.15) is 0 Å². The highest BCUT2D eigenvalue weighted by Gasteiger charge is 2.42. The number of hydrogen-bond acceptors (Lipinski definition) is 3. The third-order valence-electron chi connectivity index (χ3n) is 2.50. The van der Waals surface area contributed by atoms with E-state index in [1.165, 1.54) is 19.1 Å². The van der Waals surface area contributed by atoms with Crippen molar-refractivity contribution in [3.8, 4) is 0 Å². The molecule has 2 rings (SSSR count). The first-order chi connectivity index (χ1) is 7.45. The van der Waals surface area contributed by atoms with Gasteiger partial charge in [-0.25, -0.2) is 13.8 Å². The van der Waals surface area contributed by atoms with Gasteiger partial charge >= 0.3 is 0 Å². The number of amides is 1. The Balaban J connectivity index is 2.60. The molecule has 1 amide bonds. The zero-order chi connectivity index (χ0) is 11.9. The van der Waals surface area contributed by atoms with Crippen LogP contribution < -0.4 is 11.1 Å². The number of hydrogen-bond donors (Lipinski definition) is 2. The lowest BCUT2D eigenvalue weighted by Gasteiger charge is -2.18. The summed E-state index contributed by atoms with van der Waals surface area (Å²) in [4.78, 5) is 15.4. The first kappa shape index (κ1) is 10.5. The van der Waals surface area contributed by atoms with E-state index in [-0.39, 0.29) is 11.5 Å². The molecule has 4 nitrogen and oxygen atoms in total. The van der Waals surface area contributed by atoms with Crippen molar-refractivity contribution in [3.63, 3.8) is 0 Å². The predicted molar refractivity (Wildman–Crippen MR) is 53.5 cm³/mol. The molecular formula is C10H9F2N3O. The number of carbonyl (C=O) groups excluding carboxylic acids is 1. The number of benzene rings is 1. The fraction of sp³-hybridized carbons (Fsp3) is 0.200. The number of nitrogens with two attached hydrogens (primary N) is 1. The number of rotatable bonds is 1. The summed E-state index contributed by atoms with van der Waals surface area (Å²) in [7, 11) is 0. The third-order valence-corrected chi connectivity index (χ3v) is 2.50. The normalized spacial score (nSPS) is 24.2. The Labute approximate surface area is 90.2 Å². The van der Waals surface area contributed by atoms with Crippen LogP contribution in [0.4, 0.5) is 8.78 Å². The quantitative estimate of drug-likeness (QED) is 0.735. The maximum Gasteiger partial charge on any atom is 0.259 e. The molecule has 0 spiro atoms. The van der Waals surface area contributed by atoms with Gasteiger partial charge in [-0.3, -0.25) is 10.1 Å². The largest absolute Gasteiger partial charge is 0.370 e. The molecule has 1 unspecified atom stereocenters. The summed E-state index contributed by atoms with van der Waals surface area (Å²) < 4.78 is 26.6. The van der Waals surface area contributed by atoms with E-state index < -0.39 is 23.1 Å². The molecule has 0 aliphatic carbocycles. The summed E-state index contributed by atoms with van der Waals surface area (Å²) >= 11 is 0. The highest BCUT2D eigenvalue weighted by atomic mass is 19.2. The molecule has 0 bridgehead atoms. The van der Waals surface area contributed by atoms with Crippen LogP contribution in [0.25, 0.3) is 0 Å². The second kappa shape index (κ2) is 3.26. The van der Waals surface area contributed by atoms with Crippen molar-refractivity contribution in [3.05, 3.63) is 35.4 Å². The Hall–Kier alpha value is -1.98. The van der Waals surface area contributed by atoms with Crippen LogP contribution in [-0.4, -0.2) is 11.9 Å². The van der Waals surface area contributed by atoms with Crippen molar-refractivity contribution >= 4 is 11.9 Å². The average molecular weight is 225 g/mol. The monoisotopic (exact) mass is 225 g/mol. The molecule has 0 saturated carbocycles. The van der Waals surface area contributed by atoms with Gasteiger partial charge in [0.25, 0.3) is 5.91 Å². The molecule has 1 aromatic carbocycles. The highest BCUT2D eigenvalue weighted by molar-refractivity contribution is 6.06. The fourth-order valence-corrected chi connectivity index (χ4v) is 1.62. The predicted octanol–water partition coefficient (Wildman–Crippen LogP) is 0.625. The number of nitrogens with one attached hydrogen (secondary N) is 1. The standard InChI is InChI=1S/C10H9F2N3O/c1-10(8(16)14-9(13)15-10)5-3-2-4-6(11)7(5)12/h2-4H,1H3,(H3,13,14,15,16). The number of carbonyl (C=O) groups is 1. The summed E-state index contributed by atoms with van der Waals surface area (Å²) in [6.45, 7) is 1.38. The summed E-state index contributed by atoms with van der Waals surface area (Å²) in [5.41, 5.74) is 3.69. The van der Waals surface area contributed by atoms with Crippen molar-refractivity contribution in [1.29, 1.82) is 0 Å². The van der Waals surface area contributed by atoms with Gasteiger partial charge in [-0.2, -0.15) is 0 Å². The second-order valence-corrected chi connectivity index (χ2v) is 3.62. The smallest absolute Gasteiger partial charge is 0.259 e. The Morgan fingerprint density at radius 3 is 2.69 bits per heavy atom. The summed E-state index contributed by atoms with van der Waals surface area (Å²) in [6, 6.07) is 3.60. The van der Waals surface area contributed by atoms with Crippen LogP contribution in [0.1, 0.15) is 12.5 Å². The van der Waals surface area contributed by atoms with Crippen LogP contribution in [0.5, 0.6) is 0 Å². The molecular weight excluding hydrogens is 216 g/mol. The summed E-state index contributed by atoms with van der Waals surface area (Å²) in [5.74, 6) is -2.78. The van der Waals surface area contributed by atoms with Crippen LogP contribution in [0.3, 0.4) is 0 Å². The Kier molecular flexibility index (Phi) is 2.15. The lowest BCUT2D eigenvalue weighted by molar-refractivity contribution is -0.123. The van der Waals surface area contributed by atoms with Gasteiger partial charge in [0.15, 0.2) is 23.1 Å². The van der Waals surface area contributed by atoms with Crippen molar-refractivity contribution in [2.75, 3.05) is 0 Å². The van der Waals surface area contributed by atoms with Gasteiger partial charge in [-0.15, -0.1) is 0 Å². The zero-order valence-corrected chi connectivity index (χ0v) is 8.42. The van der Waals surface area contributed by atoms with Crippen molar-refractivity contribution in [2.45, 2.75) is 12.5 Å². The second-order valence-electron chi connectivity index (χ2n) is 3.62. The van der Waals surface area contributed by atoms with Gasteiger partial charge in [-0.05, 0) is 13.0 Å². The lowest BCUT2D eigenvalue weighted by atomic mass is 9.92. The zero-order valence-electron chi connectivity index (χ0n) is 8.42. The molecule has 0 aromatic heterocycles. The van der Waals surface area contributed by atoms with Gasteiger partial charge in [-0.1, -0.05) is 12.1 Å². The molecule has 1 atom stereocenters. The molecule has 1 aromatic rings. The third kappa shape index (κ3) is 1.34. The van der Waals surface area contributed by atoms with E-state index in [1.54, 1.807) is 0 Å². The van der Waals surface area contributed by atoms with Crippen LogP contribution in [0.15, 0.2) is 23.2 Å². The van der Waals surface area contributed by atoms with Gasteiger partial charge in [0.2, 0.25) is 0 Å². The fourth-order valence-electron chi connectivity index (χ4n) is 1.62. The van der Waals surface area contributed by atoms with Crippen LogP contribution in [0.2, 0.25) is 0 Å². The molecule has 3 N–H and O–H groups in total. The summed E-state index contributed by atoms with van der Waals surface area (Å²) in [5, 5.41) is 2.25. The maximum absolute atomic E-state index is 13.5. The van der Waals surface area contributed by atoms with Crippen LogP contribution >= 0.6 is 0 Å². The van der Waals surface area contributed by atoms with Crippen molar-refractivity contribution < 1.29 is 13.6 Å². The number of guanidine groups is 1. The molecule has 1 aliphatic heterocycles. The topological polar surface area (TPSA) is 67.5 Å². The van der Waals surface area contributed by atoms with Gasteiger partial charge in [0, 0.05) is 5.56 Å². The van der Waals surface area contributed by atoms with Crippen LogP contribution in [-0.2, 0) is 10.3 Å². The molecule has 0 fully saturated rings. The number of aliphatic imine (C=N–C) groups is 1. The first-order valence-electron chi connectivity index (χ1n) is 4.56. The highest BCUT2D eigenvalue weighted by Crippen LogP contribution is 2.31. The van der Waals surface area contributed by atoms with Crippen molar-refractivity contribution in [1.82, 2.24) is 5.32 Å².